The van der Waals surface area contributed by atoms with Crippen LogP contribution in [0.15, 0.2) is 54.9 Å². The van der Waals surface area contributed by atoms with Crippen molar-refractivity contribution in [3.63, 3.8) is 0 Å². The van der Waals surface area contributed by atoms with Gasteiger partial charge in [0.05, 0.1) is 17.7 Å². The van der Waals surface area contributed by atoms with Gasteiger partial charge in [-0.05, 0) is 29.8 Å². The summed E-state index contributed by atoms with van der Waals surface area (Å²) >= 11 is 12.1. The van der Waals surface area contributed by atoms with E-state index in [0.717, 1.165) is 11.1 Å². The molecule has 0 aliphatic carbocycles. The monoisotopic (exact) mass is 333 g/mol. The summed E-state index contributed by atoms with van der Waals surface area (Å²) in [5, 5.41) is 15.8. The van der Waals surface area contributed by atoms with Gasteiger partial charge in [0.25, 0.3) is 0 Å². The van der Waals surface area contributed by atoms with Gasteiger partial charge >= 0.3 is 0 Å². The van der Waals surface area contributed by atoms with Gasteiger partial charge in [0.1, 0.15) is 6.33 Å². The van der Waals surface area contributed by atoms with Crippen molar-refractivity contribution >= 4 is 23.2 Å². The average Bonchev–Trinajstić information content (AvgIpc) is 2.96. The molecule has 22 heavy (non-hydrogen) atoms. The molecule has 112 valence electrons. The summed E-state index contributed by atoms with van der Waals surface area (Å²) in [5.41, 5.74) is 1.55. The van der Waals surface area contributed by atoms with E-state index in [1.165, 1.54) is 6.33 Å². The largest absolute Gasteiger partial charge is 0.386 e. The molecular formula is C16H13Cl2N3O. The molecule has 0 fully saturated rings. The first-order chi connectivity index (χ1) is 10.6. The van der Waals surface area contributed by atoms with Crippen LogP contribution in [0.1, 0.15) is 11.7 Å². The van der Waals surface area contributed by atoms with Gasteiger partial charge in [-0.3, -0.25) is 0 Å². The predicted octanol–water partition coefficient (Wildman–Crippen LogP) is 3.99. The lowest BCUT2D eigenvalue weighted by molar-refractivity contribution is 0.152. The number of halogens is 2. The summed E-state index contributed by atoms with van der Waals surface area (Å²) in [6.07, 6.45) is 0.743. The molecular weight excluding hydrogens is 321 g/mol. The Balaban J connectivity index is 1.87. The Hall–Kier alpha value is -1.88. The molecule has 2 aromatic carbocycles. The maximum absolute atomic E-state index is 10.4. The van der Waals surface area contributed by atoms with E-state index >= 15 is 0 Å². The summed E-state index contributed by atoms with van der Waals surface area (Å²) in [6, 6.07) is 14.5. The number of hydrogen-bond donors (Lipinski definition) is 1. The summed E-state index contributed by atoms with van der Waals surface area (Å²) < 4.78 is 1.64. The first-order valence-electron chi connectivity index (χ1n) is 6.71. The van der Waals surface area contributed by atoms with Crippen molar-refractivity contribution in [1.29, 1.82) is 0 Å². The van der Waals surface area contributed by atoms with Gasteiger partial charge < -0.3 is 5.11 Å². The second-order valence-electron chi connectivity index (χ2n) is 4.81. The zero-order valence-corrected chi connectivity index (χ0v) is 13.0. The Bertz CT molecular complexity index is 771. The third kappa shape index (κ3) is 3.14. The van der Waals surface area contributed by atoms with Crippen molar-refractivity contribution in [3.05, 3.63) is 70.5 Å². The zero-order valence-electron chi connectivity index (χ0n) is 11.5. The van der Waals surface area contributed by atoms with Gasteiger partial charge in [-0.2, -0.15) is 5.10 Å². The fourth-order valence-corrected chi connectivity index (χ4v) is 2.55. The van der Waals surface area contributed by atoms with Crippen molar-refractivity contribution in [1.82, 2.24) is 14.8 Å². The van der Waals surface area contributed by atoms with Gasteiger partial charge in [0, 0.05) is 10.6 Å². The van der Waals surface area contributed by atoms with E-state index in [1.54, 1.807) is 35.0 Å². The SMILES string of the molecule is OC(Cn1ncnc1-c1ccccc1Cl)c1ccc(Cl)cc1. The van der Waals surface area contributed by atoms with Gasteiger partial charge in [0.2, 0.25) is 0 Å². The van der Waals surface area contributed by atoms with E-state index in [1.807, 2.05) is 18.2 Å². The number of nitrogens with zero attached hydrogens (tertiary/aromatic N) is 3. The Kier molecular flexibility index (Phi) is 4.43. The molecule has 0 spiro atoms. The van der Waals surface area contributed by atoms with Gasteiger partial charge in [-0.25, -0.2) is 9.67 Å². The van der Waals surface area contributed by atoms with Crippen LogP contribution in [0.2, 0.25) is 10.0 Å². The topological polar surface area (TPSA) is 50.9 Å². The zero-order chi connectivity index (χ0) is 15.5. The number of hydrogen-bond acceptors (Lipinski definition) is 3. The molecule has 0 saturated carbocycles. The van der Waals surface area contributed by atoms with Crippen LogP contribution < -0.4 is 0 Å². The normalized spacial score (nSPS) is 12.3. The minimum Gasteiger partial charge on any atom is -0.386 e. The molecule has 0 saturated heterocycles. The van der Waals surface area contributed by atoms with E-state index in [-0.39, 0.29) is 6.54 Å². The van der Waals surface area contributed by atoms with Crippen LogP contribution >= 0.6 is 23.2 Å². The summed E-state index contributed by atoms with van der Waals surface area (Å²) in [4.78, 5) is 4.24. The van der Waals surface area contributed by atoms with E-state index in [2.05, 4.69) is 10.1 Å². The second-order valence-corrected chi connectivity index (χ2v) is 5.66. The van der Waals surface area contributed by atoms with Crippen LogP contribution in [0.25, 0.3) is 11.4 Å². The van der Waals surface area contributed by atoms with E-state index < -0.39 is 6.10 Å². The molecule has 1 aromatic heterocycles. The van der Waals surface area contributed by atoms with Crippen molar-refractivity contribution in [3.8, 4) is 11.4 Å². The first-order valence-corrected chi connectivity index (χ1v) is 7.47. The molecule has 0 bridgehead atoms. The van der Waals surface area contributed by atoms with Gasteiger partial charge in [0.15, 0.2) is 5.82 Å². The van der Waals surface area contributed by atoms with E-state index in [0.29, 0.717) is 15.9 Å². The van der Waals surface area contributed by atoms with E-state index in [4.69, 9.17) is 23.2 Å². The number of aliphatic hydroxyl groups is 1. The van der Waals surface area contributed by atoms with Gasteiger partial charge in [-0.1, -0.05) is 47.5 Å². The molecule has 1 unspecified atom stereocenters. The Morgan fingerprint density at radius 1 is 1.05 bits per heavy atom. The Morgan fingerprint density at radius 3 is 2.50 bits per heavy atom. The quantitative estimate of drug-likeness (QED) is 0.785. The first kappa shape index (κ1) is 15.0. The highest BCUT2D eigenvalue weighted by Gasteiger charge is 2.15. The molecule has 0 aliphatic heterocycles. The molecule has 3 rings (SSSR count). The van der Waals surface area contributed by atoms with Crippen LogP contribution in [0.4, 0.5) is 0 Å². The fraction of sp³-hybridized carbons (Fsp3) is 0.125. The molecule has 4 nitrogen and oxygen atoms in total. The lowest BCUT2D eigenvalue weighted by atomic mass is 10.1. The predicted molar refractivity (Wildman–Crippen MR) is 86.9 cm³/mol. The molecule has 1 atom stereocenters. The number of rotatable bonds is 4. The highest BCUT2D eigenvalue weighted by atomic mass is 35.5. The van der Waals surface area contributed by atoms with Crippen LogP contribution in [0.3, 0.4) is 0 Å². The average molecular weight is 334 g/mol. The maximum atomic E-state index is 10.4. The molecule has 1 heterocycles. The molecule has 3 aromatic rings. The molecule has 1 N–H and O–H groups in total. The van der Waals surface area contributed by atoms with Crippen LogP contribution in [0.5, 0.6) is 0 Å². The molecule has 0 radical (unpaired) electrons. The third-order valence-corrected chi connectivity index (χ3v) is 3.91. The van der Waals surface area contributed by atoms with Crippen LogP contribution in [-0.4, -0.2) is 19.9 Å². The summed E-state index contributed by atoms with van der Waals surface area (Å²) in [7, 11) is 0. The van der Waals surface area contributed by atoms with E-state index in [9.17, 15) is 5.11 Å². The maximum Gasteiger partial charge on any atom is 0.159 e. The molecule has 0 aliphatic rings. The lowest BCUT2D eigenvalue weighted by Crippen LogP contribution is -2.11. The molecule has 6 heteroatoms. The van der Waals surface area contributed by atoms with Crippen molar-refractivity contribution < 1.29 is 5.11 Å². The minimum absolute atomic E-state index is 0.280. The Morgan fingerprint density at radius 2 is 1.77 bits per heavy atom. The number of aliphatic hydroxyl groups excluding tert-OH is 1. The minimum atomic E-state index is -0.708. The lowest BCUT2D eigenvalue weighted by Gasteiger charge is -2.13. The summed E-state index contributed by atoms with van der Waals surface area (Å²) in [5.74, 6) is 0.624. The standard InChI is InChI=1S/C16H13Cl2N3O/c17-12-7-5-11(6-8-12)15(22)9-21-16(19-10-20-21)13-3-1-2-4-14(13)18/h1-8,10,15,22H,9H2. The highest BCUT2D eigenvalue weighted by molar-refractivity contribution is 6.33. The van der Waals surface area contributed by atoms with Crippen molar-refractivity contribution in [2.75, 3.05) is 0 Å². The number of aromatic nitrogens is 3. The van der Waals surface area contributed by atoms with Crippen molar-refractivity contribution in [2.24, 2.45) is 0 Å². The van der Waals surface area contributed by atoms with Gasteiger partial charge in [-0.15, -0.1) is 0 Å². The third-order valence-electron chi connectivity index (χ3n) is 3.33. The number of benzene rings is 2. The second kappa shape index (κ2) is 6.48. The molecule has 0 amide bonds. The Labute approximate surface area is 138 Å². The highest BCUT2D eigenvalue weighted by Crippen LogP contribution is 2.27. The summed E-state index contributed by atoms with van der Waals surface area (Å²) in [6.45, 7) is 0.280. The van der Waals surface area contributed by atoms with Crippen LogP contribution in [-0.2, 0) is 6.54 Å². The van der Waals surface area contributed by atoms with Crippen LogP contribution in [0, 0.1) is 0 Å². The fourth-order valence-electron chi connectivity index (χ4n) is 2.20. The smallest absolute Gasteiger partial charge is 0.159 e. The van der Waals surface area contributed by atoms with Crippen molar-refractivity contribution in [2.45, 2.75) is 12.6 Å².